The molecule has 5 nitrogen and oxygen atoms in total. The summed E-state index contributed by atoms with van der Waals surface area (Å²) in [7, 11) is 0. The number of aliphatic hydroxyl groups excluding tert-OH is 1. The van der Waals surface area contributed by atoms with Gasteiger partial charge in [-0.1, -0.05) is 19.9 Å². The van der Waals surface area contributed by atoms with Gasteiger partial charge in [-0.3, -0.25) is 9.59 Å². The zero-order valence-electron chi connectivity index (χ0n) is 10.5. The Morgan fingerprint density at radius 1 is 1.47 bits per heavy atom. The summed E-state index contributed by atoms with van der Waals surface area (Å²) in [6, 6.07) is -0.748. The van der Waals surface area contributed by atoms with Crippen molar-refractivity contribution in [2.75, 3.05) is 0 Å². The fourth-order valence-corrected chi connectivity index (χ4v) is 1.39. The first-order chi connectivity index (χ1) is 7.88. The molecule has 17 heavy (non-hydrogen) atoms. The molecule has 0 aromatic carbocycles. The van der Waals surface area contributed by atoms with Gasteiger partial charge in [-0.15, -0.1) is 6.58 Å². The minimum Gasteiger partial charge on any atom is -0.383 e. The molecule has 0 aromatic rings. The summed E-state index contributed by atoms with van der Waals surface area (Å²) in [5, 5.41) is 12.0. The number of allylic oxidation sites excluding steroid dienone is 1. The minimum atomic E-state index is -1.10. The fraction of sp³-hybridized carbons (Fsp3) is 0.667. The van der Waals surface area contributed by atoms with E-state index < -0.39 is 24.0 Å². The van der Waals surface area contributed by atoms with Crippen molar-refractivity contribution in [2.24, 2.45) is 11.7 Å². The van der Waals surface area contributed by atoms with E-state index in [1.165, 1.54) is 0 Å². The maximum Gasteiger partial charge on any atom is 0.249 e. The van der Waals surface area contributed by atoms with Gasteiger partial charge < -0.3 is 16.2 Å². The van der Waals surface area contributed by atoms with Crippen molar-refractivity contribution in [3.63, 3.8) is 0 Å². The molecule has 0 aliphatic rings. The van der Waals surface area contributed by atoms with Crippen LogP contribution in [0.3, 0.4) is 0 Å². The molecular formula is C12H22N2O3. The maximum absolute atomic E-state index is 11.6. The van der Waals surface area contributed by atoms with E-state index in [0.717, 1.165) is 0 Å². The Morgan fingerprint density at radius 2 is 2.06 bits per heavy atom. The molecule has 0 aliphatic heterocycles. The van der Waals surface area contributed by atoms with Crippen LogP contribution < -0.4 is 11.1 Å². The first kappa shape index (κ1) is 15.6. The Labute approximate surface area is 102 Å². The normalized spacial score (nSPS) is 14.1. The van der Waals surface area contributed by atoms with Gasteiger partial charge in [-0.25, -0.2) is 0 Å². The lowest BCUT2D eigenvalue weighted by atomic mass is 10.0. The van der Waals surface area contributed by atoms with Crippen LogP contribution in [-0.2, 0) is 9.59 Å². The molecule has 0 aliphatic carbocycles. The van der Waals surface area contributed by atoms with E-state index >= 15 is 0 Å². The van der Waals surface area contributed by atoms with Gasteiger partial charge >= 0.3 is 0 Å². The van der Waals surface area contributed by atoms with Gasteiger partial charge in [-0.2, -0.15) is 0 Å². The van der Waals surface area contributed by atoms with Crippen LogP contribution in [0.2, 0.25) is 0 Å². The Hall–Kier alpha value is -1.36. The number of nitrogens with two attached hydrogens (primary N) is 1. The zero-order chi connectivity index (χ0) is 13.4. The molecule has 0 bridgehead atoms. The highest BCUT2D eigenvalue weighted by atomic mass is 16.3. The van der Waals surface area contributed by atoms with Crippen LogP contribution in [0, 0.1) is 5.92 Å². The van der Waals surface area contributed by atoms with E-state index in [1.54, 1.807) is 6.08 Å². The molecule has 0 aromatic heterocycles. The highest BCUT2D eigenvalue weighted by molar-refractivity contribution is 5.88. The summed E-state index contributed by atoms with van der Waals surface area (Å²) in [4.78, 5) is 22.6. The third-order valence-corrected chi connectivity index (χ3v) is 2.32. The molecule has 0 saturated carbocycles. The topological polar surface area (TPSA) is 92.4 Å². The molecule has 2 amide bonds. The largest absolute Gasteiger partial charge is 0.383 e. The summed E-state index contributed by atoms with van der Waals surface area (Å²) in [5.74, 6) is -0.945. The Bertz CT molecular complexity index is 277. The van der Waals surface area contributed by atoms with Crippen molar-refractivity contribution < 1.29 is 14.7 Å². The predicted molar refractivity (Wildman–Crippen MR) is 66.0 cm³/mol. The van der Waals surface area contributed by atoms with Crippen molar-refractivity contribution in [3.8, 4) is 0 Å². The lowest BCUT2D eigenvalue weighted by molar-refractivity contribution is -0.133. The number of primary amides is 1. The summed E-state index contributed by atoms with van der Waals surface area (Å²) < 4.78 is 0. The Balaban J connectivity index is 4.29. The molecule has 0 unspecified atom stereocenters. The summed E-state index contributed by atoms with van der Waals surface area (Å²) in [5.41, 5.74) is 5.16. The third-order valence-electron chi connectivity index (χ3n) is 2.32. The van der Waals surface area contributed by atoms with Gasteiger partial charge in [0, 0.05) is 0 Å². The van der Waals surface area contributed by atoms with Gasteiger partial charge in [0.05, 0.1) is 0 Å². The minimum absolute atomic E-state index is 0.205. The second kappa shape index (κ2) is 7.84. The quantitative estimate of drug-likeness (QED) is 0.535. The second-order valence-corrected chi connectivity index (χ2v) is 4.47. The second-order valence-electron chi connectivity index (χ2n) is 4.47. The number of aliphatic hydroxyl groups is 1. The molecule has 5 heteroatoms. The number of carbonyl (C=O) groups is 2. The van der Waals surface area contributed by atoms with Gasteiger partial charge in [0.25, 0.3) is 0 Å². The average molecular weight is 242 g/mol. The number of hydrogen-bond acceptors (Lipinski definition) is 3. The maximum atomic E-state index is 11.6. The van der Waals surface area contributed by atoms with Crippen molar-refractivity contribution in [3.05, 3.63) is 12.7 Å². The van der Waals surface area contributed by atoms with Crippen LogP contribution in [0.5, 0.6) is 0 Å². The lowest BCUT2D eigenvalue weighted by Crippen LogP contribution is -2.48. The smallest absolute Gasteiger partial charge is 0.249 e. The van der Waals surface area contributed by atoms with E-state index in [2.05, 4.69) is 11.9 Å². The van der Waals surface area contributed by atoms with E-state index in [-0.39, 0.29) is 5.92 Å². The van der Waals surface area contributed by atoms with E-state index in [9.17, 15) is 14.7 Å². The van der Waals surface area contributed by atoms with Crippen molar-refractivity contribution in [2.45, 2.75) is 45.3 Å². The molecule has 4 N–H and O–H groups in total. The zero-order valence-corrected chi connectivity index (χ0v) is 10.5. The van der Waals surface area contributed by atoms with E-state index in [1.807, 2.05) is 13.8 Å². The number of nitrogens with one attached hydrogen (secondary N) is 1. The summed E-state index contributed by atoms with van der Waals surface area (Å²) in [6.07, 6.45) is 1.89. The van der Waals surface area contributed by atoms with Gasteiger partial charge in [0.2, 0.25) is 11.8 Å². The van der Waals surface area contributed by atoms with Crippen molar-refractivity contribution >= 4 is 11.8 Å². The summed E-state index contributed by atoms with van der Waals surface area (Å²) >= 11 is 0. The van der Waals surface area contributed by atoms with E-state index in [0.29, 0.717) is 19.3 Å². The van der Waals surface area contributed by atoms with Crippen LogP contribution in [0.4, 0.5) is 0 Å². The molecule has 0 radical (unpaired) electrons. The third kappa shape index (κ3) is 6.73. The summed E-state index contributed by atoms with van der Waals surface area (Å²) in [6.45, 7) is 7.34. The van der Waals surface area contributed by atoms with E-state index in [4.69, 9.17) is 5.73 Å². The molecular weight excluding hydrogens is 220 g/mol. The monoisotopic (exact) mass is 242 g/mol. The standard InChI is InChI=1S/C12H22N2O3/c1-4-5-6-9(11(13)16)14-12(17)10(15)7-8(2)3/h4,8-10,15H,1,5-7H2,2-3H3,(H2,13,16)(H,14,17)/t9-,10+/m1/s1. The fourth-order valence-electron chi connectivity index (χ4n) is 1.39. The first-order valence-electron chi connectivity index (χ1n) is 5.77. The molecule has 0 heterocycles. The number of carbonyl (C=O) groups excluding carboxylic acids is 2. The predicted octanol–water partition coefficient (Wildman–Crippen LogP) is 0.330. The van der Waals surface area contributed by atoms with Crippen LogP contribution in [-0.4, -0.2) is 29.1 Å². The molecule has 2 atom stereocenters. The Morgan fingerprint density at radius 3 is 2.47 bits per heavy atom. The molecule has 98 valence electrons. The number of rotatable bonds is 8. The lowest BCUT2D eigenvalue weighted by Gasteiger charge is -2.18. The van der Waals surface area contributed by atoms with Gasteiger partial charge in [0.15, 0.2) is 0 Å². The van der Waals surface area contributed by atoms with Gasteiger partial charge in [-0.05, 0) is 25.2 Å². The highest BCUT2D eigenvalue weighted by Crippen LogP contribution is 2.05. The number of hydrogen-bond donors (Lipinski definition) is 3. The SMILES string of the molecule is C=CCC[C@@H](NC(=O)[C@@H](O)CC(C)C)C(N)=O. The molecule has 0 spiro atoms. The first-order valence-corrected chi connectivity index (χ1v) is 5.77. The van der Waals surface area contributed by atoms with Crippen molar-refractivity contribution in [1.82, 2.24) is 5.32 Å². The van der Waals surface area contributed by atoms with Crippen molar-refractivity contribution in [1.29, 1.82) is 0 Å². The molecule has 0 rings (SSSR count). The van der Waals surface area contributed by atoms with Gasteiger partial charge in [0.1, 0.15) is 12.1 Å². The van der Waals surface area contributed by atoms with Crippen LogP contribution in [0.15, 0.2) is 12.7 Å². The number of amides is 2. The highest BCUT2D eigenvalue weighted by Gasteiger charge is 2.22. The Kier molecular flexibility index (Phi) is 7.21. The van der Waals surface area contributed by atoms with Crippen LogP contribution in [0.1, 0.15) is 33.1 Å². The van der Waals surface area contributed by atoms with Crippen LogP contribution in [0.25, 0.3) is 0 Å². The molecule has 0 fully saturated rings. The average Bonchev–Trinajstić information content (AvgIpc) is 2.22. The molecule has 0 saturated heterocycles. The van der Waals surface area contributed by atoms with Crippen LogP contribution >= 0.6 is 0 Å².